The number of fused-ring (bicyclic) bond motifs is 1. The van der Waals surface area contributed by atoms with E-state index >= 15 is 0 Å². The summed E-state index contributed by atoms with van der Waals surface area (Å²) in [5.41, 5.74) is 3.32. The molecule has 0 spiro atoms. The number of aromatic nitrogens is 2. The Balaban J connectivity index is 0.000000493. The summed E-state index contributed by atoms with van der Waals surface area (Å²) in [6, 6.07) is 16.7. The number of halogens is 3. The number of carbonyl (C=O) groups is 1. The van der Waals surface area contributed by atoms with Crippen molar-refractivity contribution >= 4 is 16.0 Å². The number of sulfonamides is 1. The topological polar surface area (TPSA) is 123 Å². The molecule has 2 heterocycles. The third-order valence-corrected chi connectivity index (χ3v) is 8.28. The largest absolute Gasteiger partial charge is 0.492 e. The lowest BCUT2D eigenvalue weighted by molar-refractivity contribution is -0.192. The number of imidazole rings is 1. The zero-order valence-corrected chi connectivity index (χ0v) is 23.3. The van der Waals surface area contributed by atoms with E-state index in [1.807, 2.05) is 18.2 Å². The Morgan fingerprint density at radius 1 is 1.15 bits per heavy atom. The van der Waals surface area contributed by atoms with Crippen LogP contribution >= 0.6 is 0 Å². The number of alkyl halides is 3. The molecule has 0 amide bonds. The average molecular weight is 595 g/mol. The average Bonchev–Trinajstić information content (AvgIpc) is 3.65. The minimum Gasteiger partial charge on any atom is -0.492 e. The molecule has 0 saturated heterocycles. The summed E-state index contributed by atoms with van der Waals surface area (Å²) >= 11 is 0. The minimum atomic E-state index is -5.08. The van der Waals surface area contributed by atoms with Crippen molar-refractivity contribution in [3.8, 4) is 5.75 Å². The summed E-state index contributed by atoms with van der Waals surface area (Å²) in [7, 11) is -1.92. The second-order valence-electron chi connectivity index (χ2n) is 10.3. The molecule has 1 aliphatic carbocycles. The summed E-state index contributed by atoms with van der Waals surface area (Å²) in [5.74, 6) is -0.738. The molecule has 5 rings (SSSR count). The van der Waals surface area contributed by atoms with Gasteiger partial charge in [-0.2, -0.15) is 13.2 Å². The number of aliphatic carboxylic acids is 1. The van der Waals surface area contributed by atoms with Crippen LogP contribution < -0.4 is 14.8 Å². The van der Waals surface area contributed by atoms with Crippen LogP contribution in [0.3, 0.4) is 0 Å². The molecule has 9 nitrogen and oxygen atoms in total. The highest BCUT2D eigenvalue weighted by atomic mass is 32.2. The number of rotatable bonds is 10. The van der Waals surface area contributed by atoms with Gasteiger partial charge >= 0.3 is 12.1 Å². The zero-order valence-electron chi connectivity index (χ0n) is 22.5. The highest BCUT2D eigenvalue weighted by Crippen LogP contribution is 2.37. The first-order valence-electron chi connectivity index (χ1n) is 13.2. The van der Waals surface area contributed by atoms with Crippen molar-refractivity contribution in [1.82, 2.24) is 19.6 Å². The molecule has 2 aromatic carbocycles. The van der Waals surface area contributed by atoms with Gasteiger partial charge in [0.25, 0.3) is 10.0 Å². The molecule has 222 valence electrons. The Bertz CT molecular complexity index is 1430. The third-order valence-electron chi connectivity index (χ3n) is 7.00. The lowest BCUT2D eigenvalue weighted by atomic mass is 9.83. The Hall–Kier alpha value is -3.42. The summed E-state index contributed by atoms with van der Waals surface area (Å²) in [6.07, 6.45) is 2.73. The molecule has 1 fully saturated rings. The van der Waals surface area contributed by atoms with Gasteiger partial charge in [-0.15, -0.1) is 0 Å². The van der Waals surface area contributed by atoms with E-state index in [-0.39, 0.29) is 23.5 Å². The molecule has 1 saturated carbocycles. The van der Waals surface area contributed by atoms with E-state index in [9.17, 15) is 21.6 Å². The SMILES string of the molecule is Cn1cnc(S(=O)(=O)NCc2ccc3c(c2)C(Cc2ccccc2)C(NCCC2CC2)CO3)c1.O=C(O)C(F)(F)F. The van der Waals surface area contributed by atoms with Crippen molar-refractivity contribution in [3.05, 3.63) is 77.7 Å². The van der Waals surface area contributed by atoms with Crippen LogP contribution in [0.15, 0.2) is 66.1 Å². The number of benzene rings is 2. The van der Waals surface area contributed by atoms with Gasteiger partial charge in [-0.25, -0.2) is 22.9 Å². The van der Waals surface area contributed by atoms with Crippen LogP contribution in [0.4, 0.5) is 13.2 Å². The first kappa shape index (κ1) is 30.5. The number of hydrogen-bond donors (Lipinski definition) is 3. The van der Waals surface area contributed by atoms with Crippen LogP contribution in [0, 0.1) is 5.92 Å². The fraction of sp³-hybridized carbons (Fsp3) is 0.429. The van der Waals surface area contributed by atoms with Gasteiger partial charge in [0.15, 0.2) is 5.03 Å². The lowest BCUT2D eigenvalue weighted by Gasteiger charge is -2.35. The molecule has 1 aliphatic heterocycles. The first-order chi connectivity index (χ1) is 19.4. The standard InChI is InChI=1S/C26H32N4O3S.C2HF3O2/c1-30-16-26(28-18-30)34(31,32)29-15-21-9-10-25-23(14-21)22(13-20-5-3-2-4-6-20)24(17-33-25)27-12-11-19-7-8-19;3-2(4,5)1(6)7/h2-6,9-10,14,16,18-19,22,24,27,29H,7-8,11-13,15,17H2,1H3;(H,6,7). The van der Waals surface area contributed by atoms with Gasteiger partial charge in [-0.05, 0) is 48.1 Å². The van der Waals surface area contributed by atoms with Gasteiger partial charge < -0.3 is 19.7 Å². The van der Waals surface area contributed by atoms with E-state index in [1.54, 1.807) is 11.6 Å². The van der Waals surface area contributed by atoms with Crippen molar-refractivity contribution in [3.63, 3.8) is 0 Å². The maximum atomic E-state index is 12.6. The first-order valence-corrected chi connectivity index (χ1v) is 14.7. The minimum absolute atomic E-state index is 0.0261. The summed E-state index contributed by atoms with van der Waals surface area (Å²) in [5, 5.41) is 10.9. The van der Waals surface area contributed by atoms with Gasteiger partial charge in [0, 0.05) is 31.7 Å². The molecule has 2 atom stereocenters. The molecule has 2 unspecified atom stereocenters. The molecular weight excluding hydrogens is 561 g/mol. The number of nitrogens with zero attached hydrogens (tertiary/aromatic N) is 2. The van der Waals surface area contributed by atoms with Gasteiger partial charge in [0.2, 0.25) is 0 Å². The molecule has 3 aromatic rings. The maximum Gasteiger partial charge on any atom is 0.490 e. The number of carboxylic acid groups (broad SMARTS) is 1. The summed E-state index contributed by atoms with van der Waals surface area (Å²) < 4.78 is 67.4. The second kappa shape index (κ2) is 13.0. The van der Waals surface area contributed by atoms with Crippen molar-refractivity contribution in [2.45, 2.75) is 55.4 Å². The molecule has 1 aromatic heterocycles. The predicted octanol–water partition coefficient (Wildman–Crippen LogP) is 4.01. The lowest BCUT2D eigenvalue weighted by Crippen LogP contribution is -2.44. The van der Waals surface area contributed by atoms with E-state index in [0.717, 1.165) is 35.8 Å². The number of aryl methyl sites for hydroxylation is 1. The van der Waals surface area contributed by atoms with Crippen LogP contribution in [0.5, 0.6) is 5.75 Å². The fourth-order valence-electron chi connectivity index (χ4n) is 4.62. The summed E-state index contributed by atoms with van der Waals surface area (Å²) in [4.78, 5) is 12.9. The molecular formula is C28H33F3N4O5S. The van der Waals surface area contributed by atoms with E-state index in [4.69, 9.17) is 14.6 Å². The molecule has 0 bridgehead atoms. The van der Waals surface area contributed by atoms with Crippen LogP contribution in [0.1, 0.15) is 41.9 Å². The fourth-order valence-corrected chi connectivity index (χ4v) is 5.62. The molecule has 41 heavy (non-hydrogen) atoms. The van der Waals surface area contributed by atoms with Crippen LogP contribution in [0.25, 0.3) is 0 Å². The van der Waals surface area contributed by atoms with Gasteiger partial charge in [0.05, 0.1) is 6.33 Å². The van der Waals surface area contributed by atoms with E-state index in [0.29, 0.717) is 6.61 Å². The van der Waals surface area contributed by atoms with Crippen LogP contribution in [-0.2, 0) is 34.8 Å². The van der Waals surface area contributed by atoms with Gasteiger partial charge in [-0.3, -0.25) is 0 Å². The zero-order chi connectivity index (χ0) is 29.6. The van der Waals surface area contributed by atoms with Crippen molar-refractivity contribution in [1.29, 1.82) is 0 Å². The van der Waals surface area contributed by atoms with Crippen LogP contribution in [0.2, 0.25) is 0 Å². The maximum absolute atomic E-state index is 12.6. The van der Waals surface area contributed by atoms with Crippen molar-refractivity contribution in [2.24, 2.45) is 13.0 Å². The highest BCUT2D eigenvalue weighted by molar-refractivity contribution is 7.89. The Morgan fingerprint density at radius 2 is 1.85 bits per heavy atom. The van der Waals surface area contributed by atoms with E-state index in [2.05, 4.69) is 45.4 Å². The smallest absolute Gasteiger partial charge is 0.490 e. The predicted molar refractivity (Wildman–Crippen MR) is 145 cm³/mol. The monoisotopic (exact) mass is 594 g/mol. The Morgan fingerprint density at radius 3 is 2.46 bits per heavy atom. The summed E-state index contributed by atoms with van der Waals surface area (Å²) in [6.45, 7) is 1.84. The van der Waals surface area contributed by atoms with Gasteiger partial charge in [0.1, 0.15) is 12.4 Å². The van der Waals surface area contributed by atoms with Crippen LogP contribution in [-0.4, -0.2) is 54.4 Å². The normalized spacial score (nSPS) is 18.5. The molecule has 13 heteroatoms. The Kier molecular flexibility index (Phi) is 9.72. The third kappa shape index (κ3) is 8.78. The quantitative estimate of drug-likeness (QED) is 0.324. The number of ether oxygens (including phenoxy) is 1. The number of carboxylic acids is 1. The Labute approximate surface area is 236 Å². The van der Waals surface area contributed by atoms with Crippen molar-refractivity contribution < 1.29 is 36.2 Å². The van der Waals surface area contributed by atoms with Gasteiger partial charge in [-0.1, -0.05) is 55.3 Å². The molecule has 3 N–H and O–H groups in total. The molecule has 0 radical (unpaired) electrons. The van der Waals surface area contributed by atoms with Crippen molar-refractivity contribution in [2.75, 3.05) is 13.2 Å². The van der Waals surface area contributed by atoms with E-state index < -0.39 is 22.2 Å². The number of hydrogen-bond acceptors (Lipinski definition) is 6. The number of nitrogens with one attached hydrogen (secondary N) is 2. The second-order valence-corrected chi connectivity index (χ2v) is 12.0. The highest BCUT2D eigenvalue weighted by Gasteiger charge is 2.38. The molecule has 2 aliphatic rings. The van der Waals surface area contributed by atoms with E-state index in [1.165, 1.54) is 37.4 Å².